The van der Waals surface area contributed by atoms with Gasteiger partial charge in [-0.3, -0.25) is 4.79 Å². The van der Waals surface area contributed by atoms with E-state index in [4.69, 9.17) is 0 Å². The molecule has 2 aromatic rings. The summed E-state index contributed by atoms with van der Waals surface area (Å²) in [6.07, 6.45) is 3.92. The van der Waals surface area contributed by atoms with Crippen LogP contribution in [0.15, 0.2) is 16.9 Å². The Hall–Kier alpha value is -1.61. The van der Waals surface area contributed by atoms with Crippen LogP contribution < -0.4 is 10.3 Å². The van der Waals surface area contributed by atoms with Crippen LogP contribution in [0.1, 0.15) is 41.6 Å². The molecule has 2 N–H and O–H groups in total. The first-order chi connectivity index (χ1) is 10.1. The molecule has 0 saturated carbocycles. The second kappa shape index (κ2) is 5.64. The van der Waals surface area contributed by atoms with Gasteiger partial charge >= 0.3 is 0 Å². The lowest BCUT2D eigenvalue weighted by Gasteiger charge is -2.24. The molecule has 1 aliphatic rings. The van der Waals surface area contributed by atoms with E-state index in [1.165, 1.54) is 37.9 Å². The van der Waals surface area contributed by atoms with Crippen LogP contribution in [0.3, 0.4) is 0 Å². The van der Waals surface area contributed by atoms with Crippen molar-refractivity contribution in [2.45, 2.75) is 46.6 Å². The number of aryl methyl sites for hydroxylation is 3. The molecule has 1 fully saturated rings. The van der Waals surface area contributed by atoms with E-state index in [9.17, 15) is 4.79 Å². The standard InChI is InChI=1S/C18H24N2O/c1-12-9-13(2)17-16(10-12)19-14(3)15(18(17)21)11-20-7-5-4-6-8-20/h9-10H,4-8,11H2,1-3H3,(H,19,21)/p+1. The molecule has 0 spiro atoms. The van der Waals surface area contributed by atoms with Crippen molar-refractivity contribution in [1.82, 2.24) is 4.98 Å². The minimum Gasteiger partial charge on any atom is -0.358 e. The number of hydrogen-bond acceptors (Lipinski definition) is 1. The fourth-order valence-electron chi connectivity index (χ4n) is 3.66. The van der Waals surface area contributed by atoms with E-state index in [0.717, 1.165) is 34.3 Å². The molecule has 2 heterocycles. The Kier molecular flexibility index (Phi) is 3.85. The number of hydrogen-bond donors (Lipinski definition) is 2. The number of fused-ring (bicyclic) bond motifs is 1. The fourth-order valence-corrected chi connectivity index (χ4v) is 3.66. The van der Waals surface area contributed by atoms with Crippen LogP contribution in [0.2, 0.25) is 0 Å². The monoisotopic (exact) mass is 285 g/mol. The number of aromatic nitrogens is 1. The van der Waals surface area contributed by atoms with Crippen molar-refractivity contribution < 1.29 is 4.90 Å². The van der Waals surface area contributed by atoms with Gasteiger partial charge in [-0.05, 0) is 57.2 Å². The summed E-state index contributed by atoms with van der Waals surface area (Å²) in [5.41, 5.74) is 5.51. The number of pyridine rings is 1. The van der Waals surface area contributed by atoms with Crippen LogP contribution in [0, 0.1) is 20.8 Å². The highest BCUT2D eigenvalue weighted by Crippen LogP contribution is 2.17. The van der Waals surface area contributed by atoms with Crippen LogP contribution in [0.4, 0.5) is 0 Å². The Balaban J connectivity index is 2.08. The van der Waals surface area contributed by atoms with Crippen molar-refractivity contribution >= 4 is 10.9 Å². The van der Waals surface area contributed by atoms with E-state index in [0.29, 0.717) is 0 Å². The van der Waals surface area contributed by atoms with Crippen LogP contribution >= 0.6 is 0 Å². The maximum absolute atomic E-state index is 12.9. The molecule has 0 amide bonds. The lowest BCUT2D eigenvalue weighted by molar-refractivity contribution is -0.918. The fraction of sp³-hybridized carbons (Fsp3) is 0.500. The molecule has 3 nitrogen and oxygen atoms in total. The van der Waals surface area contributed by atoms with Gasteiger partial charge in [0.15, 0.2) is 5.43 Å². The molecule has 1 aromatic heterocycles. The highest BCUT2D eigenvalue weighted by molar-refractivity contribution is 5.83. The average molecular weight is 285 g/mol. The predicted molar refractivity (Wildman–Crippen MR) is 87.0 cm³/mol. The number of aromatic amines is 1. The first-order valence-electron chi connectivity index (χ1n) is 8.02. The lowest BCUT2D eigenvalue weighted by Crippen LogP contribution is -3.11. The molecule has 0 atom stereocenters. The summed E-state index contributed by atoms with van der Waals surface area (Å²) in [7, 11) is 0. The summed E-state index contributed by atoms with van der Waals surface area (Å²) in [5, 5.41) is 0.873. The number of quaternary nitrogens is 1. The topological polar surface area (TPSA) is 37.3 Å². The highest BCUT2D eigenvalue weighted by atomic mass is 16.1. The van der Waals surface area contributed by atoms with Crippen LogP contribution in [-0.2, 0) is 6.54 Å². The van der Waals surface area contributed by atoms with Crippen LogP contribution in [-0.4, -0.2) is 18.1 Å². The van der Waals surface area contributed by atoms with Gasteiger partial charge in [0, 0.05) is 11.1 Å². The zero-order valence-electron chi connectivity index (χ0n) is 13.3. The third-order valence-corrected chi connectivity index (χ3v) is 4.74. The molecule has 0 radical (unpaired) electrons. The molecule has 1 aromatic carbocycles. The van der Waals surface area contributed by atoms with E-state index in [1.807, 2.05) is 13.8 Å². The van der Waals surface area contributed by atoms with Gasteiger partial charge < -0.3 is 9.88 Å². The van der Waals surface area contributed by atoms with Crippen LogP contribution in [0.5, 0.6) is 0 Å². The van der Waals surface area contributed by atoms with Crippen molar-refractivity contribution in [2.75, 3.05) is 13.1 Å². The average Bonchev–Trinajstić information content (AvgIpc) is 2.43. The van der Waals surface area contributed by atoms with Gasteiger partial charge in [-0.2, -0.15) is 0 Å². The number of piperidine rings is 1. The minimum atomic E-state index is 0.233. The van der Waals surface area contributed by atoms with Crippen LogP contribution in [0.25, 0.3) is 10.9 Å². The molecule has 0 bridgehead atoms. The zero-order valence-corrected chi connectivity index (χ0v) is 13.3. The molecule has 1 saturated heterocycles. The van der Waals surface area contributed by atoms with Gasteiger partial charge in [0.1, 0.15) is 6.54 Å². The second-order valence-corrected chi connectivity index (χ2v) is 6.55. The largest absolute Gasteiger partial charge is 0.358 e. The summed E-state index contributed by atoms with van der Waals surface area (Å²) < 4.78 is 0. The predicted octanol–water partition coefficient (Wildman–Crippen LogP) is 2.02. The number of H-pyrrole nitrogens is 1. The van der Waals surface area contributed by atoms with E-state index in [2.05, 4.69) is 24.0 Å². The van der Waals surface area contributed by atoms with Crippen molar-refractivity contribution in [3.63, 3.8) is 0 Å². The Morgan fingerprint density at radius 3 is 2.52 bits per heavy atom. The van der Waals surface area contributed by atoms with E-state index < -0.39 is 0 Å². The molecule has 1 aliphatic heterocycles. The maximum Gasteiger partial charge on any atom is 0.198 e. The number of likely N-dealkylation sites (tertiary alicyclic amines) is 1. The van der Waals surface area contributed by atoms with Crippen molar-refractivity contribution in [2.24, 2.45) is 0 Å². The first-order valence-corrected chi connectivity index (χ1v) is 8.02. The Morgan fingerprint density at radius 2 is 1.81 bits per heavy atom. The summed E-state index contributed by atoms with van der Waals surface area (Å²) in [6.45, 7) is 9.42. The summed E-state index contributed by atoms with van der Waals surface area (Å²) in [4.78, 5) is 17.9. The SMILES string of the molecule is Cc1cc(C)c2c(=O)c(C[NH+]3CCCCC3)c(C)[nH]c2c1. The highest BCUT2D eigenvalue weighted by Gasteiger charge is 2.19. The lowest BCUT2D eigenvalue weighted by atomic mass is 10.0. The second-order valence-electron chi connectivity index (χ2n) is 6.55. The van der Waals surface area contributed by atoms with Gasteiger partial charge in [-0.1, -0.05) is 6.07 Å². The minimum absolute atomic E-state index is 0.233. The van der Waals surface area contributed by atoms with Crippen molar-refractivity contribution in [1.29, 1.82) is 0 Å². The molecule has 0 unspecified atom stereocenters. The molecule has 21 heavy (non-hydrogen) atoms. The Labute approximate surface area is 126 Å². The van der Waals surface area contributed by atoms with Gasteiger partial charge in [-0.25, -0.2) is 0 Å². The third-order valence-electron chi connectivity index (χ3n) is 4.74. The Morgan fingerprint density at radius 1 is 1.10 bits per heavy atom. The number of rotatable bonds is 2. The molecule has 112 valence electrons. The number of nitrogens with one attached hydrogen (secondary N) is 2. The van der Waals surface area contributed by atoms with Gasteiger partial charge in [0.2, 0.25) is 0 Å². The Bertz CT molecular complexity index is 724. The molecule has 3 rings (SSSR count). The van der Waals surface area contributed by atoms with E-state index >= 15 is 0 Å². The summed E-state index contributed by atoms with van der Waals surface area (Å²) in [5.74, 6) is 0. The van der Waals surface area contributed by atoms with E-state index in [-0.39, 0.29) is 5.43 Å². The quantitative estimate of drug-likeness (QED) is 0.870. The van der Waals surface area contributed by atoms with Gasteiger partial charge in [-0.15, -0.1) is 0 Å². The third kappa shape index (κ3) is 2.75. The normalized spacial score (nSPS) is 16.5. The number of benzene rings is 1. The molecular weight excluding hydrogens is 260 g/mol. The van der Waals surface area contributed by atoms with E-state index in [1.54, 1.807) is 4.90 Å². The molecule has 3 heteroatoms. The molecular formula is C18H25N2O+. The van der Waals surface area contributed by atoms with Crippen molar-refractivity contribution in [3.8, 4) is 0 Å². The maximum atomic E-state index is 12.9. The first kappa shape index (κ1) is 14.3. The van der Waals surface area contributed by atoms with Gasteiger partial charge in [0.05, 0.1) is 24.2 Å². The van der Waals surface area contributed by atoms with Crippen molar-refractivity contribution in [3.05, 3.63) is 44.7 Å². The zero-order chi connectivity index (χ0) is 15.0. The smallest absolute Gasteiger partial charge is 0.198 e. The molecule has 0 aliphatic carbocycles. The summed E-state index contributed by atoms with van der Waals surface area (Å²) in [6, 6.07) is 4.18. The summed E-state index contributed by atoms with van der Waals surface area (Å²) >= 11 is 0. The van der Waals surface area contributed by atoms with Gasteiger partial charge in [0.25, 0.3) is 0 Å².